The molecule has 0 amide bonds. The Kier molecular flexibility index (Phi) is 3.76. The van der Waals surface area contributed by atoms with E-state index in [2.05, 4.69) is 4.57 Å². The molecule has 0 aliphatic carbocycles. The predicted octanol–water partition coefficient (Wildman–Crippen LogP) is 2.40. The van der Waals surface area contributed by atoms with Gasteiger partial charge in [0.05, 0.1) is 19.6 Å². The lowest BCUT2D eigenvalue weighted by Gasteiger charge is -2.26. The molecule has 2 aromatic rings. The molecule has 0 radical (unpaired) electrons. The monoisotopic (exact) mass is 274 g/mol. The Hall–Kier alpha value is -1.78. The molecule has 3 nitrogen and oxygen atoms in total. The summed E-state index contributed by atoms with van der Waals surface area (Å²) in [5.41, 5.74) is 0.868. The molecule has 1 saturated heterocycles. The SMILES string of the molecule is Fc1ccc(C2(CC[n+]3ccccc3)OCCO2)cc1. The normalized spacial score (nSPS) is 17.2. The van der Waals surface area contributed by atoms with Crippen LogP contribution in [0.5, 0.6) is 0 Å². The van der Waals surface area contributed by atoms with E-state index in [0.717, 1.165) is 12.1 Å². The number of hydrogen-bond acceptors (Lipinski definition) is 2. The average Bonchev–Trinajstić information content (AvgIpc) is 2.97. The molecular weight excluding hydrogens is 257 g/mol. The zero-order chi connectivity index (χ0) is 13.8. The van der Waals surface area contributed by atoms with Crippen molar-refractivity contribution >= 4 is 0 Å². The van der Waals surface area contributed by atoms with Crippen LogP contribution < -0.4 is 4.57 Å². The Labute approximate surface area is 117 Å². The number of hydrogen-bond donors (Lipinski definition) is 0. The van der Waals surface area contributed by atoms with Gasteiger partial charge in [-0.25, -0.2) is 8.96 Å². The first-order chi connectivity index (χ1) is 9.78. The van der Waals surface area contributed by atoms with Crippen LogP contribution in [0.3, 0.4) is 0 Å². The molecule has 1 aliphatic rings. The molecule has 3 rings (SSSR count). The van der Waals surface area contributed by atoms with Crippen LogP contribution in [0.25, 0.3) is 0 Å². The van der Waals surface area contributed by atoms with Gasteiger partial charge < -0.3 is 9.47 Å². The van der Waals surface area contributed by atoms with Gasteiger partial charge in [0.2, 0.25) is 5.79 Å². The number of pyridine rings is 1. The maximum atomic E-state index is 13.1. The Morgan fingerprint density at radius 3 is 2.30 bits per heavy atom. The van der Waals surface area contributed by atoms with Crippen LogP contribution in [0.4, 0.5) is 4.39 Å². The fraction of sp³-hybridized carbons (Fsp3) is 0.312. The lowest BCUT2D eigenvalue weighted by atomic mass is 10.0. The van der Waals surface area contributed by atoms with Crippen LogP contribution in [0, 0.1) is 5.82 Å². The summed E-state index contributed by atoms with van der Waals surface area (Å²) in [4.78, 5) is 0. The topological polar surface area (TPSA) is 22.3 Å². The van der Waals surface area contributed by atoms with Crippen molar-refractivity contribution in [2.45, 2.75) is 18.8 Å². The van der Waals surface area contributed by atoms with Gasteiger partial charge in [0.15, 0.2) is 18.9 Å². The van der Waals surface area contributed by atoms with Crippen LogP contribution in [0.15, 0.2) is 54.9 Å². The zero-order valence-electron chi connectivity index (χ0n) is 11.2. The zero-order valence-corrected chi connectivity index (χ0v) is 11.2. The Balaban J connectivity index is 1.79. The number of rotatable bonds is 4. The van der Waals surface area contributed by atoms with Crippen molar-refractivity contribution in [3.8, 4) is 0 Å². The summed E-state index contributed by atoms with van der Waals surface area (Å²) in [6, 6.07) is 12.3. The fourth-order valence-corrected chi connectivity index (χ4v) is 2.47. The van der Waals surface area contributed by atoms with E-state index in [1.54, 1.807) is 12.1 Å². The minimum atomic E-state index is -0.753. The number of ether oxygens (including phenoxy) is 2. The molecule has 0 spiro atoms. The van der Waals surface area contributed by atoms with E-state index in [4.69, 9.17) is 9.47 Å². The van der Waals surface area contributed by atoms with Crippen LogP contribution >= 0.6 is 0 Å². The average molecular weight is 274 g/mol. The summed E-state index contributed by atoms with van der Waals surface area (Å²) in [5, 5.41) is 0. The van der Waals surface area contributed by atoms with E-state index >= 15 is 0 Å². The first-order valence-corrected chi connectivity index (χ1v) is 6.77. The smallest absolute Gasteiger partial charge is 0.201 e. The third-order valence-electron chi connectivity index (χ3n) is 3.51. The van der Waals surface area contributed by atoms with Gasteiger partial charge in [0.1, 0.15) is 5.82 Å². The van der Waals surface area contributed by atoms with Gasteiger partial charge in [-0.15, -0.1) is 0 Å². The highest BCUT2D eigenvalue weighted by Gasteiger charge is 2.39. The first kappa shape index (κ1) is 13.2. The molecular formula is C16H17FNO2+. The Bertz CT molecular complexity index is 550. The molecule has 0 saturated carbocycles. The van der Waals surface area contributed by atoms with Crippen molar-refractivity contribution in [3.05, 3.63) is 66.2 Å². The van der Waals surface area contributed by atoms with Crippen molar-refractivity contribution in [1.82, 2.24) is 0 Å². The van der Waals surface area contributed by atoms with E-state index in [1.165, 1.54) is 12.1 Å². The van der Waals surface area contributed by atoms with Gasteiger partial charge in [-0.1, -0.05) is 18.2 Å². The van der Waals surface area contributed by atoms with Gasteiger partial charge in [0.25, 0.3) is 0 Å². The highest BCUT2D eigenvalue weighted by molar-refractivity contribution is 5.21. The van der Waals surface area contributed by atoms with Crippen molar-refractivity contribution in [2.75, 3.05) is 13.2 Å². The molecule has 0 bridgehead atoms. The van der Waals surface area contributed by atoms with E-state index in [0.29, 0.717) is 19.6 Å². The summed E-state index contributed by atoms with van der Waals surface area (Å²) in [7, 11) is 0. The number of aryl methyl sites for hydroxylation is 1. The molecule has 1 aromatic heterocycles. The highest BCUT2D eigenvalue weighted by atomic mass is 19.1. The summed E-state index contributed by atoms with van der Waals surface area (Å²) < 4.78 is 26.8. The molecule has 2 heterocycles. The molecule has 104 valence electrons. The fourth-order valence-electron chi connectivity index (χ4n) is 2.47. The van der Waals surface area contributed by atoms with Crippen LogP contribution in [-0.4, -0.2) is 13.2 Å². The van der Waals surface area contributed by atoms with Crippen LogP contribution in [0.1, 0.15) is 12.0 Å². The van der Waals surface area contributed by atoms with Crippen LogP contribution in [0.2, 0.25) is 0 Å². The first-order valence-electron chi connectivity index (χ1n) is 6.77. The molecule has 1 fully saturated rings. The summed E-state index contributed by atoms with van der Waals surface area (Å²) >= 11 is 0. The van der Waals surface area contributed by atoms with Crippen molar-refractivity contribution < 1.29 is 18.4 Å². The van der Waals surface area contributed by atoms with Crippen LogP contribution in [-0.2, 0) is 21.8 Å². The molecule has 20 heavy (non-hydrogen) atoms. The van der Waals surface area contributed by atoms with E-state index in [9.17, 15) is 4.39 Å². The number of aromatic nitrogens is 1. The van der Waals surface area contributed by atoms with Gasteiger partial charge in [0, 0.05) is 17.7 Å². The summed E-state index contributed by atoms with van der Waals surface area (Å²) in [6.45, 7) is 1.91. The lowest BCUT2D eigenvalue weighted by molar-refractivity contribution is -0.700. The van der Waals surface area contributed by atoms with Crippen molar-refractivity contribution in [2.24, 2.45) is 0 Å². The quantitative estimate of drug-likeness (QED) is 0.799. The number of benzene rings is 1. The molecule has 1 aliphatic heterocycles. The minimum absolute atomic E-state index is 0.251. The van der Waals surface area contributed by atoms with Crippen molar-refractivity contribution in [1.29, 1.82) is 0 Å². The van der Waals surface area contributed by atoms with E-state index in [1.807, 2.05) is 30.6 Å². The second-order valence-corrected chi connectivity index (χ2v) is 4.82. The highest BCUT2D eigenvalue weighted by Crippen LogP contribution is 2.34. The lowest BCUT2D eigenvalue weighted by Crippen LogP contribution is -2.38. The number of halogens is 1. The molecule has 0 atom stereocenters. The third-order valence-corrected chi connectivity index (χ3v) is 3.51. The maximum absolute atomic E-state index is 13.1. The largest absolute Gasteiger partial charge is 0.343 e. The predicted molar refractivity (Wildman–Crippen MR) is 71.2 cm³/mol. The van der Waals surface area contributed by atoms with Gasteiger partial charge in [-0.3, -0.25) is 0 Å². The molecule has 4 heteroatoms. The standard InChI is InChI=1S/C16H17FNO2/c17-15-6-4-14(5-7-15)16(19-12-13-20-16)8-11-18-9-2-1-3-10-18/h1-7,9-10H,8,11-13H2/q+1. The van der Waals surface area contributed by atoms with Gasteiger partial charge in [-0.2, -0.15) is 0 Å². The maximum Gasteiger partial charge on any atom is 0.201 e. The molecule has 0 N–H and O–H groups in total. The van der Waals surface area contributed by atoms with E-state index < -0.39 is 5.79 Å². The molecule has 1 aromatic carbocycles. The Morgan fingerprint density at radius 2 is 1.65 bits per heavy atom. The minimum Gasteiger partial charge on any atom is -0.343 e. The Morgan fingerprint density at radius 1 is 1.00 bits per heavy atom. The van der Waals surface area contributed by atoms with Gasteiger partial charge >= 0.3 is 0 Å². The number of nitrogens with zero attached hydrogens (tertiary/aromatic N) is 1. The third kappa shape index (κ3) is 2.71. The summed E-state index contributed by atoms with van der Waals surface area (Å²) in [5.74, 6) is -1.00. The van der Waals surface area contributed by atoms with Gasteiger partial charge in [-0.05, 0) is 12.1 Å². The van der Waals surface area contributed by atoms with Crippen molar-refractivity contribution in [3.63, 3.8) is 0 Å². The molecule has 0 unspecified atom stereocenters. The van der Waals surface area contributed by atoms with E-state index in [-0.39, 0.29) is 5.82 Å². The second kappa shape index (κ2) is 5.69. The second-order valence-electron chi connectivity index (χ2n) is 4.82. The summed E-state index contributed by atoms with van der Waals surface area (Å²) in [6.07, 6.45) is 4.70.